The number of Topliss-reactive ketones (excluding diaryl/α,β-unsaturated/α-hetero) is 1. The Morgan fingerprint density at radius 2 is 1.82 bits per heavy atom. The van der Waals surface area contributed by atoms with Crippen LogP contribution in [0.25, 0.3) is 0 Å². The van der Waals surface area contributed by atoms with Gasteiger partial charge in [-0.2, -0.15) is 0 Å². The molecule has 0 aromatic heterocycles. The van der Waals surface area contributed by atoms with Gasteiger partial charge in [0.2, 0.25) is 5.78 Å². The SMILES string of the molecule is CCOC(=O)O[C@]1(C(=O)COC(=O)CC)[C@H](C)C[C@H]2[C@@H]3C[C@H](F)C4=CC(=O)C=C[C@]4(C)[C@@]3(F)[C@@H](O)C[C@@]21C. The number of aliphatic hydroxyl groups is 1. The van der Waals surface area contributed by atoms with Crippen molar-refractivity contribution in [2.45, 2.75) is 83.8 Å². The van der Waals surface area contributed by atoms with Gasteiger partial charge >= 0.3 is 12.1 Å². The van der Waals surface area contributed by atoms with E-state index in [9.17, 15) is 24.3 Å². The molecule has 0 spiro atoms. The van der Waals surface area contributed by atoms with Crippen molar-refractivity contribution in [1.29, 1.82) is 0 Å². The van der Waals surface area contributed by atoms with Crippen LogP contribution in [0.4, 0.5) is 13.6 Å². The largest absolute Gasteiger partial charge is 0.509 e. The Kier molecular flexibility index (Phi) is 7.12. The van der Waals surface area contributed by atoms with Crippen LogP contribution in [0.1, 0.15) is 60.3 Å². The van der Waals surface area contributed by atoms with Crippen molar-refractivity contribution in [2.24, 2.45) is 28.6 Å². The maximum Gasteiger partial charge on any atom is 0.509 e. The third-order valence-corrected chi connectivity index (χ3v) is 9.74. The maximum absolute atomic E-state index is 17.4. The van der Waals surface area contributed by atoms with Gasteiger partial charge in [0, 0.05) is 29.1 Å². The maximum atomic E-state index is 17.4. The van der Waals surface area contributed by atoms with Gasteiger partial charge < -0.3 is 19.3 Å². The van der Waals surface area contributed by atoms with Crippen LogP contribution >= 0.6 is 0 Å². The van der Waals surface area contributed by atoms with Crippen molar-refractivity contribution in [2.75, 3.05) is 13.2 Å². The molecule has 38 heavy (non-hydrogen) atoms. The number of allylic oxidation sites excluding steroid dienone is 4. The molecule has 4 aliphatic carbocycles. The fraction of sp³-hybridized carbons (Fsp3) is 0.714. The molecule has 0 bridgehead atoms. The molecule has 4 aliphatic rings. The molecule has 210 valence electrons. The Bertz CT molecular complexity index is 1100. The summed E-state index contributed by atoms with van der Waals surface area (Å²) in [4.78, 5) is 50.4. The monoisotopic (exact) mass is 538 g/mol. The molecule has 0 heterocycles. The first kappa shape index (κ1) is 28.4. The number of rotatable bonds is 6. The quantitative estimate of drug-likeness (QED) is 0.505. The molecule has 0 amide bonds. The van der Waals surface area contributed by atoms with Crippen LogP contribution in [0.5, 0.6) is 0 Å². The van der Waals surface area contributed by atoms with Crippen LogP contribution in [0, 0.1) is 28.6 Å². The molecule has 0 unspecified atom stereocenters. The first-order valence-corrected chi connectivity index (χ1v) is 13.2. The van der Waals surface area contributed by atoms with E-state index in [0.29, 0.717) is 0 Å². The number of carbonyl (C=O) groups excluding carboxylic acids is 4. The van der Waals surface area contributed by atoms with Crippen LogP contribution in [-0.4, -0.2) is 65.6 Å². The minimum absolute atomic E-state index is 0.00552. The van der Waals surface area contributed by atoms with E-state index >= 15 is 8.78 Å². The zero-order chi connectivity index (χ0) is 28.3. The number of hydrogen-bond acceptors (Lipinski definition) is 8. The van der Waals surface area contributed by atoms with E-state index in [0.717, 1.165) is 6.08 Å². The molecule has 1 N–H and O–H groups in total. The molecule has 0 radical (unpaired) electrons. The summed E-state index contributed by atoms with van der Waals surface area (Å²) in [6, 6.07) is 0. The van der Waals surface area contributed by atoms with Crippen molar-refractivity contribution >= 4 is 23.7 Å². The van der Waals surface area contributed by atoms with Gasteiger partial charge in [0.25, 0.3) is 0 Å². The molecule has 4 rings (SSSR count). The van der Waals surface area contributed by atoms with E-state index in [4.69, 9.17) is 14.2 Å². The second-order valence-corrected chi connectivity index (χ2v) is 11.5. The van der Waals surface area contributed by atoms with Gasteiger partial charge in [0.05, 0.1) is 12.7 Å². The molecular formula is C28H36F2O8. The lowest BCUT2D eigenvalue weighted by atomic mass is 9.44. The van der Waals surface area contributed by atoms with Crippen molar-refractivity contribution in [3.8, 4) is 0 Å². The molecule has 3 saturated carbocycles. The van der Waals surface area contributed by atoms with Gasteiger partial charge in [-0.15, -0.1) is 0 Å². The minimum atomic E-state index is -2.35. The number of esters is 1. The predicted octanol–water partition coefficient (Wildman–Crippen LogP) is 3.99. The van der Waals surface area contributed by atoms with E-state index in [1.54, 1.807) is 27.7 Å². The summed E-state index contributed by atoms with van der Waals surface area (Å²) in [5.41, 5.74) is -7.18. The Balaban J connectivity index is 1.82. The average Bonchev–Trinajstić information content (AvgIpc) is 3.07. The number of carbonyl (C=O) groups is 4. The fourth-order valence-electron chi connectivity index (χ4n) is 8.03. The summed E-state index contributed by atoms with van der Waals surface area (Å²) >= 11 is 0. The Morgan fingerprint density at radius 3 is 2.45 bits per heavy atom. The smallest absolute Gasteiger partial charge is 0.457 e. The van der Waals surface area contributed by atoms with Crippen LogP contribution in [0.2, 0.25) is 0 Å². The molecule has 10 heteroatoms. The predicted molar refractivity (Wildman–Crippen MR) is 130 cm³/mol. The summed E-state index contributed by atoms with van der Waals surface area (Å²) in [5.74, 6) is -4.20. The lowest BCUT2D eigenvalue weighted by molar-refractivity contribution is -0.226. The molecule has 8 nitrogen and oxygen atoms in total. The highest BCUT2D eigenvalue weighted by molar-refractivity contribution is 6.01. The fourth-order valence-corrected chi connectivity index (χ4v) is 8.03. The van der Waals surface area contributed by atoms with E-state index < -0.39 is 82.4 Å². The highest BCUT2D eigenvalue weighted by Gasteiger charge is 2.78. The lowest BCUT2D eigenvalue weighted by Crippen LogP contribution is -2.71. The number of ether oxygens (including phenoxy) is 3. The van der Waals surface area contributed by atoms with E-state index in [1.807, 2.05) is 0 Å². The van der Waals surface area contributed by atoms with E-state index in [1.165, 1.54) is 19.1 Å². The summed E-state index contributed by atoms with van der Waals surface area (Å²) < 4.78 is 49.0. The zero-order valence-corrected chi connectivity index (χ0v) is 22.4. The topological polar surface area (TPSA) is 116 Å². The summed E-state index contributed by atoms with van der Waals surface area (Å²) in [5, 5.41) is 11.5. The van der Waals surface area contributed by atoms with Crippen LogP contribution < -0.4 is 0 Å². The zero-order valence-electron chi connectivity index (χ0n) is 22.4. The standard InChI is InChI=1S/C28H36F2O8/c1-6-23(34)37-14-22(33)28(38-24(35)36-7-2)15(3)10-17-18-12-20(29)19-11-16(31)8-9-25(19,4)27(18,30)21(32)13-26(17,28)5/h8-9,11,15,17-18,20-21,32H,6-7,10,12-14H2,1-5H3/t15-,17+,18+,20+,21+,25+,26+,27+,28+/m1/s1. The van der Waals surface area contributed by atoms with Gasteiger partial charge in [-0.05, 0) is 56.8 Å². The number of hydrogen-bond donors (Lipinski definition) is 1. The third-order valence-electron chi connectivity index (χ3n) is 9.74. The first-order valence-electron chi connectivity index (χ1n) is 13.2. The van der Waals surface area contributed by atoms with Gasteiger partial charge in [-0.1, -0.05) is 26.8 Å². The van der Waals surface area contributed by atoms with Crippen LogP contribution in [0.15, 0.2) is 23.8 Å². The molecule has 0 saturated heterocycles. The van der Waals surface area contributed by atoms with Crippen molar-refractivity contribution in [3.63, 3.8) is 0 Å². The second-order valence-electron chi connectivity index (χ2n) is 11.5. The molecule has 0 aromatic carbocycles. The average molecular weight is 539 g/mol. The molecule has 0 aliphatic heterocycles. The van der Waals surface area contributed by atoms with E-state index in [2.05, 4.69) is 0 Å². The molecular weight excluding hydrogens is 502 g/mol. The molecule has 9 atom stereocenters. The van der Waals surface area contributed by atoms with Gasteiger partial charge in [0.1, 0.15) is 6.17 Å². The number of halogens is 2. The highest BCUT2D eigenvalue weighted by atomic mass is 19.1. The number of aliphatic hydroxyl groups excluding tert-OH is 1. The Morgan fingerprint density at radius 1 is 1.13 bits per heavy atom. The minimum Gasteiger partial charge on any atom is -0.457 e. The van der Waals surface area contributed by atoms with Crippen molar-refractivity contribution in [1.82, 2.24) is 0 Å². The number of ketones is 2. The summed E-state index contributed by atoms with van der Waals surface area (Å²) in [6.07, 6.45) is -1.17. The van der Waals surface area contributed by atoms with Gasteiger partial charge in [0.15, 0.2) is 23.7 Å². The summed E-state index contributed by atoms with van der Waals surface area (Å²) in [7, 11) is 0. The summed E-state index contributed by atoms with van der Waals surface area (Å²) in [6.45, 7) is 7.24. The highest BCUT2D eigenvalue weighted by Crippen LogP contribution is 2.71. The second kappa shape index (κ2) is 9.54. The third kappa shape index (κ3) is 3.69. The van der Waals surface area contributed by atoms with E-state index in [-0.39, 0.29) is 37.9 Å². The van der Waals surface area contributed by atoms with Crippen molar-refractivity contribution in [3.05, 3.63) is 23.8 Å². The molecule has 3 fully saturated rings. The van der Waals surface area contributed by atoms with Crippen molar-refractivity contribution < 1.29 is 47.3 Å². The number of fused-ring (bicyclic) bond motifs is 5. The Hall–Kier alpha value is -2.62. The lowest BCUT2D eigenvalue weighted by Gasteiger charge is -2.63. The molecule has 0 aromatic rings. The van der Waals surface area contributed by atoms with Gasteiger partial charge in [-0.25, -0.2) is 13.6 Å². The van der Waals surface area contributed by atoms with Crippen LogP contribution in [0.3, 0.4) is 0 Å². The number of alkyl halides is 2. The van der Waals surface area contributed by atoms with Gasteiger partial charge in [-0.3, -0.25) is 14.4 Å². The first-order chi connectivity index (χ1) is 17.7. The van der Waals surface area contributed by atoms with Crippen LogP contribution in [-0.2, 0) is 28.6 Å². The normalized spacial score (nSPS) is 43.3. The Labute approximate surface area is 220 Å².